The lowest BCUT2D eigenvalue weighted by atomic mass is 10.2. The summed E-state index contributed by atoms with van der Waals surface area (Å²) in [5.41, 5.74) is 0.286. The predicted octanol–water partition coefficient (Wildman–Crippen LogP) is 4.82. The molecule has 0 aliphatic carbocycles. The van der Waals surface area contributed by atoms with Gasteiger partial charge in [-0.3, -0.25) is 20.2 Å². The maximum absolute atomic E-state index is 12.2. The number of nitrogens with one attached hydrogen (secondary N) is 1. The van der Waals surface area contributed by atoms with E-state index < -0.39 is 10.8 Å². The van der Waals surface area contributed by atoms with Crippen molar-refractivity contribution >= 4 is 73.3 Å². The van der Waals surface area contributed by atoms with Crippen LogP contribution in [0, 0.1) is 10.1 Å². The number of carbonyl (C=O) groups is 1. The SMILES string of the molecule is O=C(Nc1nnc(/N=C/c2ccc([N+](=O)[O-])s2)s1)c1cc(Cl)cc(Cl)c1. The number of thiophene rings is 1. The molecule has 2 aromatic heterocycles. The first-order valence-electron chi connectivity index (χ1n) is 6.80. The summed E-state index contributed by atoms with van der Waals surface area (Å²) in [6, 6.07) is 7.46. The number of hydrogen-bond donors (Lipinski definition) is 1. The first-order valence-corrected chi connectivity index (χ1v) is 9.19. The summed E-state index contributed by atoms with van der Waals surface area (Å²) < 4.78 is 0. The number of rotatable bonds is 5. The van der Waals surface area contributed by atoms with Gasteiger partial charge in [0.05, 0.1) is 9.80 Å². The summed E-state index contributed by atoms with van der Waals surface area (Å²) in [5.74, 6) is -0.435. The highest BCUT2D eigenvalue weighted by Gasteiger charge is 2.12. The predicted molar refractivity (Wildman–Crippen MR) is 103 cm³/mol. The second-order valence-electron chi connectivity index (χ2n) is 4.69. The second-order valence-corrected chi connectivity index (χ2v) is 7.62. The fourth-order valence-corrected chi connectivity index (χ4v) is 3.61. The van der Waals surface area contributed by atoms with Crippen molar-refractivity contribution in [2.45, 2.75) is 0 Å². The summed E-state index contributed by atoms with van der Waals surface area (Å²) >= 11 is 13.8. The van der Waals surface area contributed by atoms with Gasteiger partial charge in [0.15, 0.2) is 0 Å². The molecule has 0 saturated carbocycles. The van der Waals surface area contributed by atoms with Gasteiger partial charge >= 0.3 is 5.00 Å². The molecule has 0 radical (unpaired) electrons. The molecule has 132 valence electrons. The minimum Gasteiger partial charge on any atom is -0.296 e. The van der Waals surface area contributed by atoms with Gasteiger partial charge < -0.3 is 0 Å². The first kappa shape index (κ1) is 18.4. The van der Waals surface area contributed by atoms with Crippen molar-refractivity contribution in [3.8, 4) is 0 Å². The first-order chi connectivity index (χ1) is 12.4. The van der Waals surface area contributed by atoms with E-state index in [0.29, 0.717) is 20.1 Å². The number of anilines is 1. The Morgan fingerprint density at radius 2 is 1.92 bits per heavy atom. The number of amides is 1. The zero-order valence-corrected chi connectivity index (χ0v) is 15.7. The Morgan fingerprint density at radius 1 is 1.19 bits per heavy atom. The maximum atomic E-state index is 12.2. The second kappa shape index (κ2) is 7.87. The third kappa shape index (κ3) is 4.61. The highest BCUT2D eigenvalue weighted by Crippen LogP contribution is 2.26. The fourth-order valence-electron chi connectivity index (χ4n) is 1.80. The van der Waals surface area contributed by atoms with Gasteiger partial charge in [-0.2, -0.15) is 0 Å². The molecule has 1 amide bonds. The van der Waals surface area contributed by atoms with E-state index in [0.717, 1.165) is 22.7 Å². The van der Waals surface area contributed by atoms with Crippen LogP contribution in [0.25, 0.3) is 0 Å². The van der Waals surface area contributed by atoms with Gasteiger partial charge in [0, 0.05) is 27.9 Å². The number of aliphatic imine (C=N–C) groups is 1. The van der Waals surface area contributed by atoms with Crippen molar-refractivity contribution in [3.63, 3.8) is 0 Å². The number of benzene rings is 1. The van der Waals surface area contributed by atoms with Crippen molar-refractivity contribution in [2.75, 3.05) is 5.32 Å². The van der Waals surface area contributed by atoms with E-state index in [1.807, 2.05) is 0 Å². The normalized spacial score (nSPS) is 11.0. The van der Waals surface area contributed by atoms with Crippen LogP contribution in [0.3, 0.4) is 0 Å². The van der Waals surface area contributed by atoms with E-state index in [2.05, 4.69) is 20.5 Å². The highest BCUT2D eigenvalue weighted by atomic mass is 35.5. The van der Waals surface area contributed by atoms with Gasteiger partial charge in [-0.1, -0.05) is 45.9 Å². The quantitative estimate of drug-likeness (QED) is 0.356. The molecule has 3 aromatic rings. The monoisotopic (exact) mass is 427 g/mol. The number of nitro groups is 1. The smallest absolute Gasteiger partial charge is 0.296 e. The van der Waals surface area contributed by atoms with Crippen molar-refractivity contribution in [1.82, 2.24) is 10.2 Å². The number of carbonyl (C=O) groups excluding carboxylic acids is 1. The third-order valence-corrected chi connectivity index (χ3v) is 5.01. The molecule has 0 bridgehead atoms. The van der Waals surface area contributed by atoms with E-state index in [4.69, 9.17) is 23.2 Å². The van der Waals surface area contributed by atoms with Gasteiger partial charge in [-0.15, -0.1) is 10.2 Å². The van der Waals surface area contributed by atoms with Crippen LogP contribution in [0.4, 0.5) is 15.3 Å². The topological polar surface area (TPSA) is 110 Å². The molecular formula is C14H7Cl2N5O3S2. The van der Waals surface area contributed by atoms with Crippen molar-refractivity contribution in [3.05, 3.63) is 60.9 Å². The molecular weight excluding hydrogens is 421 g/mol. The molecule has 0 atom stereocenters. The molecule has 2 heterocycles. The molecule has 8 nitrogen and oxygen atoms in total. The standard InChI is InChI=1S/C14H7Cl2N5O3S2/c15-8-3-7(4-9(16)5-8)12(22)18-14-20-19-13(26-14)17-6-10-1-2-11(25-10)21(23)24/h1-6H,(H,18,20,22)/b17-6+. The number of nitrogens with zero attached hydrogens (tertiary/aromatic N) is 4. The minimum atomic E-state index is -0.470. The van der Waals surface area contributed by atoms with Crippen LogP contribution < -0.4 is 5.32 Å². The van der Waals surface area contributed by atoms with E-state index >= 15 is 0 Å². The molecule has 0 aliphatic rings. The average molecular weight is 428 g/mol. The Balaban J connectivity index is 1.68. The summed E-state index contributed by atoms with van der Waals surface area (Å²) in [6.45, 7) is 0. The van der Waals surface area contributed by atoms with Crippen LogP contribution in [-0.4, -0.2) is 27.2 Å². The molecule has 0 aliphatic heterocycles. The Hall–Kier alpha value is -2.40. The molecule has 0 unspecified atom stereocenters. The van der Waals surface area contributed by atoms with Crippen LogP contribution in [-0.2, 0) is 0 Å². The third-order valence-electron chi connectivity index (χ3n) is 2.85. The van der Waals surface area contributed by atoms with Gasteiger partial charge in [-0.05, 0) is 24.3 Å². The summed E-state index contributed by atoms with van der Waals surface area (Å²) in [5, 5.41) is 22.1. The number of aromatic nitrogens is 2. The molecule has 26 heavy (non-hydrogen) atoms. The highest BCUT2D eigenvalue weighted by molar-refractivity contribution is 7.19. The van der Waals surface area contributed by atoms with E-state index in [-0.39, 0.29) is 15.7 Å². The molecule has 12 heteroatoms. The van der Waals surface area contributed by atoms with Gasteiger partial charge in [-0.25, -0.2) is 4.99 Å². The van der Waals surface area contributed by atoms with E-state index in [9.17, 15) is 14.9 Å². The molecule has 3 rings (SSSR count). The van der Waals surface area contributed by atoms with Crippen LogP contribution in [0.5, 0.6) is 0 Å². The zero-order valence-electron chi connectivity index (χ0n) is 12.6. The lowest BCUT2D eigenvalue weighted by Crippen LogP contribution is -2.11. The number of halogens is 2. The Kier molecular flexibility index (Phi) is 5.57. The van der Waals surface area contributed by atoms with Gasteiger partial charge in [0.25, 0.3) is 5.91 Å². The summed E-state index contributed by atoms with van der Waals surface area (Å²) in [4.78, 5) is 27.1. The zero-order chi connectivity index (χ0) is 18.7. The van der Waals surface area contributed by atoms with Crippen molar-refractivity contribution in [1.29, 1.82) is 0 Å². The Morgan fingerprint density at radius 3 is 2.58 bits per heavy atom. The van der Waals surface area contributed by atoms with Crippen LogP contribution >= 0.6 is 45.9 Å². The van der Waals surface area contributed by atoms with Crippen molar-refractivity contribution < 1.29 is 9.72 Å². The summed E-state index contributed by atoms with van der Waals surface area (Å²) in [6.07, 6.45) is 1.44. The van der Waals surface area contributed by atoms with E-state index in [1.54, 1.807) is 6.07 Å². The average Bonchev–Trinajstić information content (AvgIpc) is 3.21. The van der Waals surface area contributed by atoms with Gasteiger partial charge in [0.2, 0.25) is 10.3 Å². The van der Waals surface area contributed by atoms with Gasteiger partial charge in [0.1, 0.15) is 0 Å². The van der Waals surface area contributed by atoms with Crippen LogP contribution in [0.15, 0.2) is 35.3 Å². The minimum absolute atomic E-state index is 0.0249. The van der Waals surface area contributed by atoms with Crippen molar-refractivity contribution in [2.24, 2.45) is 4.99 Å². The van der Waals surface area contributed by atoms with Crippen LogP contribution in [0.1, 0.15) is 15.2 Å². The molecule has 0 saturated heterocycles. The molecule has 0 fully saturated rings. The Labute approximate surface area is 164 Å². The summed E-state index contributed by atoms with van der Waals surface area (Å²) in [7, 11) is 0. The lowest BCUT2D eigenvalue weighted by molar-refractivity contribution is -0.380. The molecule has 1 N–H and O–H groups in total. The lowest BCUT2D eigenvalue weighted by Gasteiger charge is -2.02. The number of hydrogen-bond acceptors (Lipinski definition) is 8. The molecule has 0 spiro atoms. The largest absolute Gasteiger partial charge is 0.324 e. The Bertz CT molecular complexity index is 997. The van der Waals surface area contributed by atoms with E-state index in [1.165, 1.54) is 30.5 Å². The fraction of sp³-hybridized carbons (Fsp3) is 0. The van der Waals surface area contributed by atoms with Crippen LogP contribution in [0.2, 0.25) is 10.0 Å². The maximum Gasteiger partial charge on any atom is 0.324 e. The molecule has 1 aromatic carbocycles.